The second-order valence-electron chi connectivity index (χ2n) is 6.24. The molecule has 9 heteroatoms. The van der Waals surface area contributed by atoms with Crippen LogP contribution in [-0.4, -0.2) is 31.1 Å². The Morgan fingerprint density at radius 2 is 1.93 bits per heavy atom. The molecule has 0 atom stereocenters. The third-order valence-corrected chi connectivity index (χ3v) is 4.33. The molecule has 0 saturated heterocycles. The zero-order valence-corrected chi connectivity index (χ0v) is 16.2. The fraction of sp³-hybridized carbons (Fsp3) is 0.222. The normalized spacial score (nSPS) is 11.5. The number of aromatic amines is 1. The SMILES string of the molecule is C/C(=N\O)c1cc(C)c(Nc2ncc(Cl)c(Nc3cc(C)[nH]n3)n2)cc1C. The standard InChI is InChI=1S/C18H20ClN7O/c1-9-6-15(10(2)5-13(9)12(4)26-27)21-18-20-8-14(19)17(23-18)22-16-7-11(3)24-25-16/h5-8,27H,1-4H3,(H3,20,21,22,23,24,25)/b26-12+. The zero-order valence-electron chi connectivity index (χ0n) is 15.4. The highest BCUT2D eigenvalue weighted by Crippen LogP contribution is 2.27. The summed E-state index contributed by atoms with van der Waals surface area (Å²) < 4.78 is 0. The van der Waals surface area contributed by atoms with Crippen molar-refractivity contribution >= 4 is 40.6 Å². The van der Waals surface area contributed by atoms with Crippen molar-refractivity contribution in [3.05, 3.63) is 51.8 Å². The fourth-order valence-electron chi connectivity index (χ4n) is 2.63. The second kappa shape index (κ2) is 7.63. The molecule has 0 aliphatic heterocycles. The van der Waals surface area contributed by atoms with Crippen LogP contribution < -0.4 is 10.6 Å². The van der Waals surface area contributed by atoms with E-state index in [9.17, 15) is 0 Å². The van der Waals surface area contributed by atoms with Gasteiger partial charge in [0.2, 0.25) is 5.95 Å². The fourth-order valence-corrected chi connectivity index (χ4v) is 2.77. The average Bonchev–Trinajstić information content (AvgIpc) is 3.05. The first-order valence-corrected chi connectivity index (χ1v) is 8.64. The van der Waals surface area contributed by atoms with Crippen LogP contribution in [0.4, 0.5) is 23.3 Å². The quantitative estimate of drug-likeness (QED) is 0.293. The molecule has 0 unspecified atom stereocenters. The lowest BCUT2D eigenvalue weighted by atomic mass is 10.0. The van der Waals surface area contributed by atoms with Gasteiger partial charge in [0, 0.05) is 23.0 Å². The number of aromatic nitrogens is 4. The highest BCUT2D eigenvalue weighted by atomic mass is 35.5. The van der Waals surface area contributed by atoms with Crippen LogP contribution in [0.25, 0.3) is 0 Å². The monoisotopic (exact) mass is 385 g/mol. The van der Waals surface area contributed by atoms with Crippen molar-refractivity contribution in [2.75, 3.05) is 10.6 Å². The van der Waals surface area contributed by atoms with Crippen LogP contribution in [0.3, 0.4) is 0 Å². The summed E-state index contributed by atoms with van der Waals surface area (Å²) in [5.41, 5.74) is 5.16. The molecule has 0 amide bonds. The van der Waals surface area contributed by atoms with Crippen LogP contribution in [0.1, 0.15) is 29.3 Å². The summed E-state index contributed by atoms with van der Waals surface area (Å²) in [5.74, 6) is 1.47. The minimum absolute atomic E-state index is 0.388. The summed E-state index contributed by atoms with van der Waals surface area (Å²) in [5, 5.41) is 25.9. The number of H-pyrrole nitrogens is 1. The van der Waals surface area contributed by atoms with Crippen LogP contribution in [0, 0.1) is 20.8 Å². The van der Waals surface area contributed by atoms with Gasteiger partial charge in [-0.2, -0.15) is 10.1 Å². The van der Waals surface area contributed by atoms with Crippen LogP contribution in [0.15, 0.2) is 29.6 Å². The smallest absolute Gasteiger partial charge is 0.229 e. The van der Waals surface area contributed by atoms with Crippen molar-refractivity contribution in [3.63, 3.8) is 0 Å². The van der Waals surface area contributed by atoms with E-state index in [4.69, 9.17) is 16.8 Å². The summed E-state index contributed by atoms with van der Waals surface area (Å²) in [6.07, 6.45) is 1.53. The molecule has 0 spiro atoms. The van der Waals surface area contributed by atoms with E-state index < -0.39 is 0 Å². The summed E-state index contributed by atoms with van der Waals surface area (Å²) >= 11 is 6.19. The molecular formula is C18H20ClN7O. The minimum atomic E-state index is 0.388. The molecule has 0 bridgehead atoms. The van der Waals surface area contributed by atoms with Crippen molar-refractivity contribution in [2.24, 2.45) is 5.16 Å². The molecule has 2 heterocycles. The van der Waals surface area contributed by atoms with E-state index in [0.29, 0.717) is 28.3 Å². The van der Waals surface area contributed by atoms with Crippen molar-refractivity contribution in [3.8, 4) is 0 Å². The van der Waals surface area contributed by atoms with Crippen LogP contribution in [0.2, 0.25) is 5.02 Å². The zero-order chi connectivity index (χ0) is 19.6. The maximum atomic E-state index is 9.01. The van der Waals surface area contributed by atoms with Crippen LogP contribution in [-0.2, 0) is 0 Å². The Balaban J connectivity index is 1.88. The molecule has 4 N–H and O–H groups in total. The summed E-state index contributed by atoms with van der Waals surface area (Å²) in [6.45, 7) is 7.57. The molecule has 3 aromatic rings. The molecule has 2 aromatic heterocycles. The van der Waals surface area contributed by atoms with Crippen molar-refractivity contribution in [2.45, 2.75) is 27.7 Å². The van der Waals surface area contributed by atoms with E-state index in [1.807, 2.05) is 39.0 Å². The van der Waals surface area contributed by atoms with E-state index in [1.165, 1.54) is 6.20 Å². The maximum absolute atomic E-state index is 9.01. The Morgan fingerprint density at radius 3 is 2.59 bits per heavy atom. The number of anilines is 4. The Labute approximate surface area is 161 Å². The van der Waals surface area contributed by atoms with Gasteiger partial charge in [0.1, 0.15) is 5.02 Å². The lowest BCUT2D eigenvalue weighted by molar-refractivity contribution is 0.319. The predicted octanol–water partition coefficient (Wildman–Crippen LogP) is 4.46. The van der Waals surface area contributed by atoms with Gasteiger partial charge in [0.15, 0.2) is 11.6 Å². The molecule has 0 saturated carbocycles. The number of hydrogen-bond donors (Lipinski definition) is 4. The molecule has 27 heavy (non-hydrogen) atoms. The Hall–Kier alpha value is -3.13. The number of hydrogen-bond acceptors (Lipinski definition) is 7. The van der Waals surface area contributed by atoms with Crippen molar-refractivity contribution in [1.29, 1.82) is 0 Å². The molecule has 1 aromatic carbocycles. The van der Waals surface area contributed by atoms with Crippen LogP contribution >= 0.6 is 11.6 Å². The third-order valence-electron chi connectivity index (χ3n) is 4.05. The molecule has 0 aliphatic rings. The summed E-state index contributed by atoms with van der Waals surface area (Å²) in [6, 6.07) is 5.76. The maximum Gasteiger partial charge on any atom is 0.229 e. The number of nitrogens with one attached hydrogen (secondary N) is 3. The van der Waals surface area contributed by atoms with E-state index >= 15 is 0 Å². The molecule has 0 fully saturated rings. The van der Waals surface area contributed by atoms with Gasteiger partial charge in [0.25, 0.3) is 0 Å². The van der Waals surface area contributed by atoms with Gasteiger partial charge < -0.3 is 15.8 Å². The topological polar surface area (TPSA) is 111 Å². The lowest BCUT2D eigenvalue weighted by Crippen LogP contribution is -2.05. The average molecular weight is 386 g/mol. The van der Waals surface area contributed by atoms with Gasteiger partial charge in [-0.05, 0) is 51.0 Å². The van der Waals surface area contributed by atoms with E-state index in [2.05, 4.69) is 36.0 Å². The highest BCUT2D eigenvalue weighted by molar-refractivity contribution is 6.32. The second-order valence-corrected chi connectivity index (χ2v) is 6.65. The first-order chi connectivity index (χ1) is 12.9. The van der Waals surface area contributed by atoms with E-state index in [1.54, 1.807) is 6.92 Å². The number of nitrogens with zero attached hydrogens (tertiary/aromatic N) is 4. The minimum Gasteiger partial charge on any atom is -0.411 e. The first-order valence-electron chi connectivity index (χ1n) is 8.26. The summed E-state index contributed by atoms with van der Waals surface area (Å²) in [4.78, 5) is 8.67. The predicted molar refractivity (Wildman–Crippen MR) is 107 cm³/mol. The van der Waals surface area contributed by atoms with Gasteiger partial charge in [-0.1, -0.05) is 16.8 Å². The van der Waals surface area contributed by atoms with E-state index in [-0.39, 0.29) is 0 Å². The molecule has 0 aliphatic carbocycles. The molecule has 3 rings (SSSR count). The molecule has 140 valence electrons. The number of rotatable bonds is 5. The van der Waals surface area contributed by atoms with Gasteiger partial charge in [0.05, 0.1) is 11.9 Å². The molecule has 0 radical (unpaired) electrons. The third kappa shape index (κ3) is 4.17. The number of aryl methyl sites for hydroxylation is 3. The van der Waals surface area contributed by atoms with Gasteiger partial charge in [-0.3, -0.25) is 5.10 Å². The number of halogens is 1. The number of benzene rings is 1. The molecular weight excluding hydrogens is 366 g/mol. The number of oxime groups is 1. The Bertz CT molecular complexity index is 1010. The van der Waals surface area contributed by atoms with Gasteiger partial charge in [-0.15, -0.1) is 0 Å². The molecule has 8 nitrogen and oxygen atoms in total. The Kier molecular flexibility index (Phi) is 5.27. The van der Waals surface area contributed by atoms with Crippen molar-refractivity contribution in [1.82, 2.24) is 20.2 Å². The lowest BCUT2D eigenvalue weighted by Gasteiger charge is -2.13. The van der Waals surface area contributed by atoms with E-state index in [0.717, 1.165) is 28.1 Å². The van der Waals surface area contributed by atoms with Crippen LogP contribution in [0.5, 0.6) is 0 Å². The summed E-state index contributed by atoms with van der Waals surface area (Å²) in [7, 11) is 0. The van der Waals surface area contributed by atoms with Gasteiger partial charge >= 0.3 is 0 Å². The van der Waals surface area contributed by atoms with Gasteiger partial charge in [-0.25, -0.2) is 4.98 Å². The Morgan fingerprint density at radius 1 is 1.15 bits per heavy atom. The first kappa shape index (κ1) is 18.7. The largest absolute Gasteiger partial charge is 0.411 e. The highest BCUT2D eigenvalue weighted by Gasteiger charge is 2.11. The van der Waals surface area contributed by atoms with Crippen molar-refractivity contribution < 1.29 is 5.21 Å².